The second-order valence-electron chi connectivity index (χ2n) is 14.4. The highest BCUT2D eigenvalue weighted by Gasteiger charge is 2.40. The highest BCUT2D eigenvalue weighted by Crippen LogP contribution is 2.21. The molecular formula is C41H87NO3SSi. The van der Waals surface area contributed by atoms with Gasteiger partial charge in [-0.3, -0.25) is 0 Å². The Balaban J connectivity index is 5.07. The Labute approximate surface area is 303 Å². The molecule has 0 aliphatic heterocycles. The van der Waals surface area contributed by atoms with Gasteiger partial charge in [-0.05, 0) is 50.9 Å². The highest BCUT2D eigenvalue weighted by molar-refractivity contribution is 7.80. The van der Waals surface area contributed by atoms with Gasteiger partial charge in [-0.15, -0.1) is 0 Å². The smallest absolute Gasteiger partial charge is 0.373 e. The molecule has 0 unspecified atom stereocenters. The lowest BCUT2D eigenvalue weighted by atomic mass is 10.1. The van der Waals surface area contributed by atoms with Crippen molar-refractivity contribution in [3.8, 4) is 0 Å². The van der Waals surface area contributed by atoms with Crippen LogP contribution in [0.3, 0.4) is 0 Å². The minimum Gasteiger partial charge on any atom is -0.373 e. The molecule has 0 aromatic heterocycles. The van der Waals surface area contributed by atoms with Crippen molar-refractivity contribution in [3.63, 3.8) is 0 Å². The van der Waals surface area contributed by atoms with Gasteiger partial charge in [-0.2, -0.15) is 12.6 Å². The molecule has 6 heteroatoms. The summed E-state index contributed by atoms with van der Waals surface area (Å²) in [5, 5.41) is 0. The molecule has 284 valence electrons. The summed E-state index contributed by atoms with van der Waals surface area (Å²) in [7, 11) is -2.73. The van der Waals surface area contributed by atoms with Crippen molar-refractivity contribution in [1.29, 1.82) is 0 Å². The Bertz CT molecular complexity index is 547. The molecule has 0 aliphatic carbocycles. The van der Waals surface area contributed by atoms with Crippen LogP contribution in [-0.2, 0) is 13.3 Å². The maximum atomic E-state index is 6.84. The van der Waals surface area contributed by atoms with Crippen LogP contribution < -0.4 is 0 Å². The molecule has 0 aromatic carbocycles. The van der Waals surface area contributed by atoms with E-state index >= 15 is 0 Å². The van der Waals surface area contributed by atoms with Crippen molar-refractivity contribution in [2.45, 2.75) is 220 Å². The molecule has 0 aromatic rings. The summed E-state index contributed by atoms with van der Waals surface area (Å²) in [4.78, 5) is 2.70. The molecule has 0 saturated carbocycles. The molecule has 0 fully saturated rings. The average molecular weight is 702 g/mol. The molecule has 0 spiro atoms. The quantitative estimate of drug-likeness (QED) is 0.0390. The standard InChI is InChI=1S/C41H87NO3SSi/c1-5-9-13-17-21-23-25-29-34-42(35-30-26-24-22-18-14-10-6-2)36-39-45-47(41-33-40-46,43-37-31-27-19-15-11-7-3)44-38-32-28-20-16-12-8-4/h46H,5-41H2,1-4H3. The number of nitrogens with zero attached hydrogens (tertiary/aromatic N) is 1. The third-order valence-electron chi connectivity index (χ3n) is 9.67. The third-order valence-corrected chi connectivity index (χ3v) is 12.9. The Kier molecular flexibility index (Phi) is 39.5. The maximum absolute atomic E-state index is 6.84. The van der Waals surface area contributed by atoms with E-state index in [9.17, 15) is 0 Å². The number of hydrogen-bond donors (Lipinski definition) is 1. The maximum Gasteiger partial charge on any atom is 0.501 e. The summed E-state index contributed by atoms with van der Waals surface area (Å²) in [5.41, 5.74) is 0. The number of hydrogen-bond acceptors (Lipinski definition) is 5. The largest absolute Gasteiger partial charge is 0.501 e. The van der Waals surface area contributed by atoms with Gasteiger partial charge < -0.3 is 18.2 Å². The van der Waals surface area contributed by atoms with Crippen LogP contribution in [0.5, 0.6) is 0 Å². The van der Waals surface area contributed by atoms with Crippen molar-refractivity contribution in [2.24, 2.45) is 0 Å². The Morgan fingerprint density at radius 3 is 1.04 bits per heavy atom. The van der Waals surface area contributed by atoms with Crippen LogP contribution in [0.25, 0.3) is 0 Å². The topological polar surface area (TPSA) is 30.9 Å². The summed E-state index contributed by atoms with van der Waals surface area (Å²) < 4.78 is 20.3. The zero-order valence-electron chi connectivity index (χ0n) is 32.8. The van der Waals surface area contributed by atoms with E-state index in [4.69, 9.17) is 13.3 Å². The minimum absolute atomic E-state index is 0.736. The van der Waals surface area contributed by atoms with Gasteiger partial charge in [0.25, 0.3) is 0 Å². The SMILES string of the molecule is CCCCCCCCCCN(CCCCCCCCCC)CCO[Si](CCCS)(OCCCCCCCC)OCCCCCCCC. The molecule has 4 nitrogen and oxygen atoms in total. The molecule has 0 saturated heterocycles. The fourth-order valence-electron chi connectivity index (χ4n) is 6.46. The normalized spacial score (nSPS) is 12.1. The van der Waals surface area contributed by atoms with Gasteiger partial charge in [-0.25, -0.2) is 0 Å². The summed E-state index contributed by atoms with van der Waals surface area (Å²) in [6, 6.07) is 0.901. The molecule has 0 N–H and O–H groups in total. The van der Waals surface area contributed by atoms with E-state index in [1.807, 2.05) is 0 Å². The molecule has 0 amide bonds. The number of thiol groups is 1. The second-order valence-corrected chi connectivity index (χ2v) is 17.6. The Hall–Kier alpha value is 0.407. The first kappa shape index (κ1) is 47.4. The minimum atomic E-state index is -2.73. The molecule has 0 atom stereocenters. The van der Waals surface area contributed by atoms with Gasteiger partial charge in [0.1, 0.15) is 0 Å². The molecule has 0 heterocycles. The fourth-order valence-corrected chi connectivity index (χ4v) is 9.52. The molecule has 47 heavy (non-hydrogen) atoms. The first-order chi connectivity index (χ1) is 23.2. The van der Waals surface area contributed by atoms with E-state index < -0.39 is 8.80 Å². The lowest BCUT2D eigenvalue weighted by Gasteiger charge is -2.31. The van der Waals surface area contributed by atoms with Gasteiger partial charge in [0, 0.05) is 25.8 Å². The molecule has 0 aliphatic rings. The van der Waals surface area contributed by atoms with Crippen LogP contribution in [0.1, 0.15) is 214 Å². The van der Waals surface area contributed by atoms with E-state index in [1.165, 1.54) is 180 Å². The predicted molar refractivity (Wildman–Crippen MR) is 215 cm³/mol. The van der Waals surface area contributed by atoms with Crippen LogP contribution in [0, 0.1) is 0 Å². The second kappa shape index (κ2) is 39.2. The third kappa shape index (κ3) is 33.3. The van der Waals surface area contributed by atoms with Crippen molar-refractivity contribution in [1.82, 2.24) is 4.90 Å². The van der Waals surface area contributed by atoms with Crippen LogP contribution >= 0.6 is 12.6 Å². The summed E-state index contributed by atoms with van der Waals surface area (Å²) >= 11 is 4.58. The fraction of sp³-hybridized carbons (Fsp3) is 1.00. The van der Waals surface area contributed by atoms with Crippen LogP contribution in [0.4, 0.5) is 0 Å². The number of unbranched alkanes of at least 4 members (excludes halogenated alkanes) is 24. The number of rotatable bonds is 41. The van der Waals surface area contributed by atoms with Crippen molar-refractivity contribution >= 4 is 21.4 Å². The highest BCUT2D eigenvalue weighted by atomic mass is 32.1. The van der Waals surface area contributed by atoms with Gasteiger partial charge in [-0.1, -0.05) is 182 Å². The molecular weight excluding hydrogens is 615 g/mol. The summed E-state index contributed by atoms with van der Waals surface area (Å²) in [6.07, 6.45) is 38.4. The van der Waals surface area contributed by atoms with E-state index in [2.05, 4.69) is 45.2 Å². The summed E-state index contributed by atoms with van der Waals surface area (Å²) in [5.74, 6) is 0.863. The van der Waals surface area contributed by atoms with Gasteiger partial charge in [0.15, 0.2) is 0 Å². The zero-order valence-corrected chi connectivity index (χ0v) is 34.7. The summed E-state index contributed by atoms with van der Waals surface area (Å²) in [6.45, 7) is 14.9. The van der Waals surface area contributed by atoms with Gasteiger partial charge in [0.05, 0.1) is 6.61 Å². The van der Waals surface area contributed by atoms with Crippen LogP contribution in [-0.4, -0.2) is 58.9 Å². The van der Waals surface area contributed by atoms with E-state index in [0.29, 0.717) is 0 Å². The lowest BCUT2D eigenvalue weighted by Crippen LogP contribution is -2.48. The Morgan fingerprint density at radius 1 is 0.362 bits per heavy atom. The predicted octanol–water partition coefficient (Wildman–Crippen LogP) is 13.6. The first-order valence-corrected chi connectivity index (χ1v) is 24.0. The van der Waals surface area contributed by atoms with Gasteiger partial charge in [0.2, 0.25) is 0 Å². The van der Waals surface area contributed by atoms with Crippen molar-refractivity contribution in [3.05, 3.63) is 0 Å². The lowest BCUT2D eigenvalue weighted by molar-refractivity contribution is 0.0486. The molecule has 0 radical (unpaired) electrons. The van der Waals surface area contributed by atoms with E-state index in [0.717, 1.165) is 57.4 Å². The van der Waals surface area contributed by atoms with Crippen LogP contribution in [0.2, 0.25) is 6.04 Å². The van der Waals surface area contributed by atoms with E-state index in [-0.39, 0.29) is 0 Å². The Morgan fingerprint density at radius 2 is 0.681 bits per heavy atom. The molecule has 0 rings (SSSR count). The zero-order chi connectivity index (χ0) is 34.4. The monoisotopic (exact) mass is 702 g/mol. The van der Waals surface area contributed by atoms with E-state index in [1.54, 1.807) is 0 Å². The first-order valence-electron chi connectivity index (χ1n) is 21.4. The van der Waals surface area contributed by atoms with Gasteiger partial charge >= 0.3 is 8.80 Å². The molecule has 0 bridgehead atoms. The van der Waals surface area contributed by atoms with Crippen molar-refractivity contribution < 1.29 is 13.3 Å². The van der Waals surface area contributed by atoms with Crippen molar-refractivity contribution in [2.75, 3.05) is 45.2 Å². The average Bonchev–Trinajstić information content (AvgIpc) is 3.08. The van der Waals surface area contributed by atoms with Crippen LogP contribution in [0.15, 0.2) is 0 Å².